The quantitative estimate of drug-likeness (QED) is 0.0321. The number of aliphatic hydroxyl groups is 2. The fraction of sp³-hybridized carbons (Fsp3) is 0.929. The van der Waals surface area contributed by atoms with Crippen molar-refractivity contribution in [1.82, 2.24) is 5.32 Å². The predicted octanol–water partition coefficient (Wildman–Crippen LogP) is 16.9. The zero-order valence-corrected chi connectivity index (χ0v) is 41.9. The van der Waals surface area contributed by atoms with E-state index in [4.69, 9.17) is 4.74 Å². The number of hydrogen-bond donors (Lipinski definition) is 3. The van der Waals surface area contributed by atoms with Gasteiger partial charge < -0.3 is 20.3 Å². The normalized spacial score (nSPS) is 12.6. The lowest BCUT2D eigenvalue weighted by Gasteiger charge is -2.20. The summed E-state index contributed by atoms with van der Waals surface area (Å²) < 4.78 is 5.47. The van der Waals surface area contributed by atoms with Crippen molar-refractivity contribution in [1.29, 1.82) is 0 Å². The van der Waals surface area contributed by atoms with Crippen LogP contribution in [-0.4, -0.2) is 47.4 Å². The number of unbranched alkanes of at least 4 members (excludes halogenated alkanes) is 41. The zero-order chi connectivity index (χ0) is 45.1. The Kier molecular flexibility index (Phi) is 51.0. The van der Waals surface area contributed by atoms with Crippen LogP contribution in [0.25, 0.3) is 0 Å². The fourth-order valence-electron chi connectivity index (χ4n) is 8.75. The van der Waals surface area contributed by atoms with Gasteiger partial charge in [0, 0.05) is 12.8 Å². The van der Waals surface area contributed by atoms with Crippen LogP contribution >= 0.6 is 0 Å². The third-order valence-electron chi connectivity index (χ3n) is 13.1. The number of hydrogen-bond acceptors (Lipinski definition) is 5. The molecule has 6 nitrogen and oxygen atoms in total. The summed E-state index contributed by atoms with van der Waals surface area (Å²) in [4.78, 5) is 24.5. The minimum Gasteiger partial charge on any atom is -0.466 e. The van der Waals surface area contributed by atoms with Crippen molar-refractivity contribution >= 4 is 11.9 Å². The topological polar surface area (TPSA) is 95.9 Å². The van der Waals surface area contributed by atoms with Gasteiger partial charge in [-0.25, -0.2) is 0 Å². The van der Waals surface area contributed by atoms with Crippen molar-refractivity contribution in [3.05, 3.63) is 12.2 Å². The summed E-state index contributed by atoms with van der Waals surface area (Å²) in [6.07, 6.45) is 60.7. The summed E-state index contributed by atoms with van der Waals surface area (Å²) in [7, 11) is 0. The first-order chi connectivity index (χ1) is 30.5. The van der Waals surface area contributed by atoms with E-state index in [-0.39, 0.29) is 18.5 Å². The van der Waals surface area contributed by atoms with E-state index in [2.05, 4.69) is 19.2 Å². The number of amides is 1. The molecule has 0 aliphatic rings. The molecule has 0 bridgehead atoms. The second-order valence-electron chi connectivity index (χ2n) is 19.3. The average Bonchev–Trinajstić information content (AvgIpc) is 3.27. The number of carbonyl (C=O) groups is 2. The lowest BCUT2D eigenvalue weighted by molar-refractivity contribution is -0.143. The van der Waals surface area contributed by atoms with E-state index >= 15 is 0 Å². The summed E-state index contributed by atoms with van der Waals surface area (Å²) in [5.41, 5.74) is 0. The molecule has 0 radical (unpaired) electrons. The maximum absolute atomic E-state index is 12.5. The van der Waals surface area contributed by atoms with Crippen molar-refractivity contribution in [2.75, 3.05) is 13.2 Å². The van der Waals surface area contributed by atoms with Gasteiger partial charge in [-0.05, 0) is 32.1 Å². The van der Waals surface area contributed by atoms with Crippen LogP contribution in [0.1, 0.15) is 309 Å². The number of allylic oxidation sites excluding steroid dienone is 1. The fourth-order valence-corrected chi connectivity index (χ4v) is 8.75. The third-order valence-corrected chi connectivity index (χ3v) is 13.1. The van der Waals surface area contributed by atoms with Crippen LogP contribution in [0.5, 0.6) is 0 Å². The van der Waals surface area contributed by atoms with Gasteiger partial charge in [-0.15, -0.1) is 0 Å². The molecule has 3 N–H and O–H groups in total. The molecule has 2 unspecified atom stereocenters. The van der Waals surface area contributed by atoms with Gasteiger partial charge in [0.2, 0.25) is 5.91 Å². The first-order valence-corrected chi connectivity index (χ1v) is 28.0. The Balaban J connectivity index is 3.49. The molecule has 0 heterocycles. The highest BCUT2D eigenvalue weighted by Crippen LogP contribution is 2.17. The molecule has 368 valence electrons. The summed E-state index contributed by atoms with van der Waals surface area (Å²) in [6, 6.07) is -0.641. The molecule has 2 atom stereocenters. The molecule has 0 rings (SSSR count). The van der Waals surface area contributed by atoms with Crippen molar-refractivity contribution in [3.63, 3.8) is 0 Å². The second kappa shape index (κ2) is 52.2. The zero-order valence-electron chi connectivity index (χ0n) is 41.9. The first-order valence-electron chi connectivity index (χ1n) is 28.0. The van der Waals surface area contributed by atoms with E-state index in [1.165, 1.54) is 225 Å². The van der Waals surface area contributed by atoms with Gasteiger partial charge >= 0.3 is 5.97 Å². The number of esters is 1. The molecule has 0 aliphatic heterocycles. The maximum atomic E-state index is 12.5. The van der Waals surface area contributed by atoms with E-state index in [1.807, 2.05) is 6.08 Å². The Morgan fingerprint density at radius 1 is 0.435 bits per heavy atom. The van der Waals surface area contributed by atoms with Crippen LogP contribution < -0.4 is 5.32 Å². The third kappa shape index (κ3) is 48.1. The van der Waals surface area contributed by atoms with E-state index in [0.29, 0.717) is 19.4 Å². The second-order valence-corrected chi connectivity index (χ2v) is 19.3. The lowest BCUT2D eigenvalue weighted by atomic mass is 10.0. The van der Waals surface area contributed by atoms with Crippen molar-refractivity contribution in [2.45, 2.75) is 321 Å². The van der Waals surface area contributed by atoms with Crippen LogP contribution in [0.4, 0.5) is 0 Å². The number of carbonyl (C=O) groups excluding carboxylic acids is 2. The molecule has 0 saturated carbocycles. The minimum atomic E-state index is -0.856. The van der Waals surface area contributed by atoms with Crippen LogP contribution in [0, 0.1) is 0 Å². The number of ether oxygens (including phenoxy) is 1. The van der Waals surface area contributed by atoms with Crippen molar-refractivity contribution in [2.24, 2.45) is 0 Å². The van der Waals surface area contributed by atoms with E-state index in [9.17, 15) is 19.8 Å². The van der Waals surface area contributed by atoms with Crippen LogP contribution in [0.2, 0.25) is 0 Å². The molecule has 0 aromatic carbocycles. The van der Waals surface area contributed by atoms with Gasteiger partial charge in [0.15, 0.2) is 0 Å². The highest BCUT2D eigenvalue weighted by Gasteiger charge is 2.18. The molecule has 0 fully saturated rings. The number of aliphatic hydroxyl groups excluding tert-OH is 2. The first kappa shape index (κ1) is 60.6. The molecule has 0 aromatic heterocycles. The Morgan fingerprint density at radius 2 is 0.742 bits per heavy atom. The molecule has 0 aliphatic carbocycles. The molecule has 6 heteroatoms. The number of rotatable bonds is 52. The Bertz CT molecular complexity index is 924. The number of nitrogens with one attached hydrogen (secondary N) is 1. The average molecular weight is 876 g/mol. The monoisotopic (exact) mass is 876 g/mol. The molecule has 1 amide bonds. The van der Waals surface area contributed by atoms with Gasteiger partial charge in [0.1, 0.15) is 0 Å². The van der Waals surface area contributed by atoms with E-state index in [0.717, 1.165) is 57.8 Å². The summed E-state index contributed by atoms with van der Waals surface area (Å²) in [6.45, 7) is 4.88. The highest BCUT2D eigenvalue weighted by molar-refractivity contribution is 5.76. The Morgan fingerprint density at radius 3 is 1.10 bits per heavy atom. The molecule has 0 aromatic rings. The SMILES string of the molecule is CCCCCCCCCCCCCCCCCCC/C=C/C(O)C(CO)NC(=O)CCCCCCCCCCCCCOC(=O)CCCCCCCCCCCCCCCCC. The van der Waals surface area contributed by atoms with Crippen LogP contribution in [0.3, 0.4) is 0 Å². The summed E-state index contributed by atoms with van der Waals surface area (Å²) >= 11 is 0. The molecule has 62 heavy (non-hydrogen) atoms. The molecular weight excluding hydrogens is 767 g/mol. The van der Waals surface area contributed by atoms with Crippen molar-refractivity contribution in [3.8, 4) is 0 Å². The van der Waals surface area contributed by atoms with Crippen LogP contribution in [0.15, 0.2) is 12.2 Å². The Labute approximate surface area is 387 Å². The van der Waals surface area contributed by atoms with E-state index < -0.39 is 12.1 Å². The van der Waals surface area contributed by atoms with Crippen LogP contribution in [-0.2, 0) is 14.3 Å². The van der Waals surface area contributed by atoms with Gasteiger partial charge in [-0.3, -0.25) is 9.59 Å². The van der Waals surface area contributed by atoms with Crippen molar-refractivity contribution < 1.29 is 24.5 Å². The summed E-state index contributed by atoms with van der Waals surface area (Å²) in [5.74, 6) is -0.0955. The predicted molar refractivity (Wildman–Crippen MR) is 269 cm³/mol. The van der Waals surface area contributed by atoms with E-state index in [1.54, 1.807) is 6.08 Å². The van der Waals surface area contributed by atoms with Gasteiger partial charge in [0.25, 0.3) is 0 Å². The Hall–Kier alpha value is -1.40. The molecule has 0 saturated heterocycles. The molecule has 0 spiro atoms. The minimum absolute atomic E-state index is 0.0118. The standard InChI is InChI=1S/C56H109NO5/c1-3-5-7-9-11-13-15-17-19-20-21-22-24-25-28-32-36-40-44-48-54(59)53(52-58)57-55(60)49-45-41-37-33-29-27-31-35-39-43-47-51-62-56(61)50-46-42-38-34-30-26-23-18-16-14-12-10-8-6-4-2/h44,48,53-54,58-59H,3-43,45-47,49-52H2,1-2H3,(H,57,60)/b48-44+. The van der Waals surface area contributed by atoms with Gasteiger partial charge in [-0.1, -0.05) is 276 Å². The molecular formula is C56H109NO5. The summed E-state index contributed by atoms with van der Waals surface area (Å²) in [5, 5.41) is 23.1. The van der Waals surface area contributed by atoms with Gasteiger partial charge in [-0.2, -0.15) is 0 Å². The maximum Gasteiger partial charge on any atom is 0.305 e. The van der Waals surface area contributed by atoms with Gasteiger partial charge in [0.05, 0.1) is 25.4 Å². The highest BCUT2D eigenvalue weighted by atomic mass is 16.5. The smallest absolute Gasteiger partial charge is 0.305 e. The lowest BCUT2D eigenvalue weighted by Crippen LogP contribution is -2.45. The largest absolute Gasteiger partial charge is 0.466 e.